The maximum Gasteiger partial charge on any atom is 0.179 e. The van der Waals surface area contributed by atoms with Gasteiger partial charge in [-0.2, -0.15) is 0 Å². The molecule has 3 rings (SSSR count). The highest BCUT2D eigenvalue weighted by Gasteiger charge is 2.18. The van der Waals surface area contributed by atoms with Gasteiger partial charge in [0.25, 0.3) is 0 Å². The molecule has 16 heavy (non-hydrogen) atoms. The number of nitrogens with zero attached hydrogens (tertiary/aromatic N) is 1. The highest BCUT2D eigenvalue weighted by atomic mass is 16.3. The third-order valence-electron chi connectivity index (χ3n) is 2.74. The van der Waals surface area contributed by atoms with Gasteiger partial charge < -0.3 is 5.11 Å². The average molecular weight is 211 g/mol. The predicted octanol–water partition coefficient (Wildman–Crippen LogP) is 2.09. The summed E-state index contributed by atoms with van der Waals surface area (Å²) in [6, 6.07) is 5.10. The summed E-state index contributed by atoms with van der Waals surface area (Å²) in [6.07, 6.45) is 5.52. The zero-order valence-electron chi connectivity index (χ0n) is 8.47. The molecule has 0 radical (unpaired) electrons. The van der Waals surface area contributed by atoms with Crippen LogP contribution in [-0.2, 0) is 11.2 Å². The molecule has 78 valence electrons. The fraction of sp³-hybridized carbons (Fsp3) is 0.0769. The van der Waals surface area contributed by atoms with Crippen molar-refractivity contribution >= 4 is 17.2 Å². The van der Waals surface area contributed by atoms with Gasteiger partial charge in [0.05, 0.1) is 11.4 Å². The van der Waals surface area contributed by atoms with E-state index in [2.05, 4.69) is 4.99 Å². The topological polar surface area (TPSA) is 49.7 Å². The van der Waals surface area contributed by atoms with Gasteiger partial charge >= 0.3 is 0 Å². The number of benzene rings is 1. The van der Waals surface area contributed by atoms with Gasteiger partial charge in [-0.3, -0.25) is 4.79 Å². The molecule has 0 unspecified atom stereocenters. The number of carbonyl (C=O) groups excluding carboxylic acids is 1. The Balaban J connectivity index is 2.15. The number of carbonyl (C=O) groups is 1. The van der Waals surface area contributed by atoms with E-state index in [1.165, 1.54) is 6.08 Å². The van der Waals surface area contributed by atoms with Crippen molar-refractivity contribution in [3.8, 4) is 5.75 Å². The molecule has 1 aliphatic heterocycles. The standard InChI is InChI=1S/C13H9NO2/c15-10-1-3-12-8(6-10)5-9-7-11(16)2-4-13(9)14-12/h1-4,6-7,15H,5H2. The molecule has 0 spiro atoms. The minimum Gasteiger partial charge on any atom is -0.508 e. The van der Waals surface area contributed by atoms with Gasteiger partial charge in [0.15, 0.2) is 5.78 Å². The summed E-state index contributed by atoms with van der Waals surface area (Å²) in [4.78, 5) is 15.7. The van der Waals surface area contributed by atoms with Gasteiger partial charge in [0.2, 0.25) is 0 Å². The number of hydrogen-bond donors (Lipinski definition) is 1. The zero-order valence-corrected chi connectivity index (χ0v) is 8.47. The van der Waals surface area contributed by atoms with Crippen molar-refractivity contribution in [3.63, 3.8) is 0 Å². The first-order valence-electron chi connectivity index (χ1n) is 5.06. The van der Waals surface area contributed by atoms with E-state index in [0.717, 1.165) is 22.5 Å². The first-order chi connectivity index (χ1) is 7.72. The van der Waals surface area contributed by atoms with E-state index in [9.17, 15) is 9.90 Å². The number of ketones is 1. The molecule has 0 bridgehead atoms. The molecule has 1 N–H and O–H groups in total. The van der Waals surface area contributed by atoms with E-state index in [1.54, 1.807) is 30.4 Å². The second-order valence-electron chi connectivity index (χ2n) is 3.89. The van der Waals surface area contributed by atoms with Crippen LogP contribution in [0.5, 0.6) is 5.75 Å². The van der Waals surface area contributed by atoms with Crippen LogP contribution in [0.15, 0.2) is 47.0 Å². The lowest BCUT2D eigenvalue weighted by atomic mass is 9.92. The van der Waals surface area contributed by atoms with Crippen LogP contribution in [0.3, 0.4) is 0 Å². The molecule has 0 atom stereocenters. The number of phenols is 1. The molecule has 0 saturated carbocycles. The summed E-state index contributed by atoms with van der Waals surface area (Å²) in [5, 5.41) is 9.39. The number of phenolic OH excluding ortho intramolecular Hbond substituents is 1. The monoisotopic (exact) mass is 211 g/mol. The van der Waals surface area contributed by atoms with Crippen LogP contribution < -0.4 is 0 Å². The molecule has 3 nitrogen and oxygen atoms in total. The van der Waals surface area contributed by atoms with E-state index < -0.39 is 0 Å². The summed E-state index contributed by atoms with van der Waals surface area (Å²) in [5.74, 6) is 0.230. The Kier molecular flexibility index (Phi) is 1.80. The van der Waals surface area contributed by atoms with Gasteiger partial charge in [-0.1, -0.05) is 0 Å². The lowest BCUT2D eigenvalue weighted by Crippen LogP contribution is -2.13. The van der Waals surface area contributed by atoms with Gasteiger partial charge in [-0.15, -0.1) is 0 Å². The van der Waals surface area contributed by atoms with E-state index in [4.69, 9.17) is 0 Å². The first kappa shape index (κ1) is 9.09. The molecule has 0 amide bonds. The maximum atomic E-state index is 11.2. The van der Waals surface area contributed by atoms with Crippen molar-refractivity contribution in [1.29, 1.82) is 0 Å². The minimum absolute atomic E-state index is 0.00227. The van der Waals surface area contributed by atoms with Crippen LogP contribution >= 0.6 is 0 Å². The van der Waals surface area contributed by atoms with Crippen molar-refractivity contribution < 1.29 is 9.90 Å². The van der Waals surface area contributed by atoms with Crippen LogP contribution in [-0.4, -0.2) is 16.6 Å². The summed E-state index contributed by atoms with van der Waals surface area (Å²) in [7, 11) is 0. The molecule has 3 heteroatoms. The van der Waals surface area contributed by atoms with E-state index in [1.807, 2.05) is 0 Å². The van der Waals surface area contributed by atoms with E-state index >= 15 is 0 Å². The average Bonchev–Trinajstić information content (AvgIpc) is 2.26. The Labute approximate surface area is 92.4 Å². The molecule has 2 aliphatic rings. The molecule has 0 aromatic heterocycles. The molecule has 0 saturated heterocycles. The van der Waals surface area contributed by atoms with Crippen LogP contribution in [0, 0.1) is 0 Å². The Hall–Kier alpha value is -2.16. The van der Waals surface area contributed by atoms with Gasteiger partial charge in [-0.25, -0.2) is 4.99 Å². The fourth-order valence-corrected chi connectivity index (χ4v) is 1.97. The largest absolute Gasteiger partial charge is 0.508 e. The van der Waals surface area contributed by atoms with Crippen molar-refractivity contribution in [2.75, 3.05) is 0 Å². The maximum absolute atomic E-state index is 11.2. The van der Waals surface area contributed by atoms with Gasteiger partial charge in [0.1, 0.15) is 5.75 Å². The van der Waals surface area contributed by atoms with E-state index in [-0.39, 0.29) is 11.5 Å². The highest BCUT2D eigenvalue weighted by molar-refractivity contribution is 6.21. The van der Waals surface area contributed by atoms with Crippen molar-refractivity contribution in [1.82, 2.24) is 0 Å². The number of allylic oxidation sites excluding steroid dienone is 4. The Morgan fingerprint density at radius 2 is 2.12 bits per heavy atom. The zero-order chi connectivity index (χ0) is 11.1. The quantitative estimate of drug-likeness (QED) is 0.668. The number of hydrogen-bond acceptors (Lipinski definition) is 3. The molecular weight excluding hydrogens is 202 g/mol. The van der Waals surface area contributed by atoms with E-state index in [0.29, 0.717) is 6.42 Å². The number of aromatic hydroxyl groups is 1. The molecule has 1 heterocycles. The van der Waals surface area contributed by atoms with Crippen LogP contribution in [0.1, 0.15) is 5.56 Å². The molecule has 1 aliphatic carbocycles. The first-order valence-corrected chi connectivity index (χ1v) is 5.06. The normalized spacial score (nSPS) is 17.4. The van der Waals surface area contributed by atoms with Crippen LogP contribution in [0.25, 0.3) is 0 Å². The molecule has 0 fully saturated rings. The van der Waals surface area contributed by atoms with Gasteiger partial charge in [-0.05, 0) is 47.6 Å². The van der Waals surface area contributed by atoms with Crippen LogP contribution in [0.4, 0.5) is 5.69 Å². The SMILES string of the molecule is O=C1C=CC2=Nc3ccc(O)cc3CC2=C1. The second kappa shape index (κ2) is 3.17. The Morgan fingerprint density at radius 1 is 1.25 bits per heavy atom. The number of aliphatic imine (C=N–C) groups is 1. The second-order valence-corrected chi connectivity index (χ2v) is 3.89. The number of rotatable bonds is 0. The van der Waals surface area contributed by atoms with Crippen molar-refractivity contribution in [2.24, 2.45) is 4.99 Å². The van der Waals surface area contributed by atoms with Crippen molar-refractivity contribution in [3.05, 3.63) is 47.6 Å². The van der Waals surface area contributed by atoms with Crippen molar-refractivity contribution in [2.45, 2.75) is 6.42 Å². The summed E-state index contributed by atoms with van der Waals surface area (Å²) in [5.41, 5.74) is 3.59. The summed E-state index contributed by atoms with van der Waals surface area (Å²) >= 11 is 0. The molecule has 1 aromatic carbocycles. The lowest BCUT2D eigenvalue weighted by Gasteiger charge is -2.18. The summed E-state index contributed by atoms with van der Waals surface area (Å²) in [6.45, 7) is 0. The van der Waals surface area contributed by atoms with Crippen LogP contribution in [0.2, 0.25) is 0 Å². The smallest absolute Gasteiger partial charge is 0.179 e. The number of fused-ring (bicyclic) bond motifs is 2. The predicted molar refractivity (Wildman–Crippen MR) is 61.1 cm³/mol. The third kappa shape index (κ3) is 1.37. The lowest BCUT2D eigenvalue weighted by molar-refractivity contribution is -0.110. The minimum atomic E-state index is -0.00227. The molecular formula is C13H9NO2. The Morgan fingerprint density at radius 3 is 3.00 bits per heavy atom. The molecule has 1 aromatic rings. The highest BCUT2D eigenvalue weighted by Crippen LogP contribution is 2.32. The fourth-order valence-electron chi connectivity index (χ4n) is 1.97. The Bertz CT molecular complexity index is 580. The summed E-state index contributed by atoms with van der Waals surface area (Å²) < 4.78 is 0. The third-order valence-corrected chi connectivity index (χ3v) is 2.74. The van der Waals surface area contributed by atoms with Gasteiger partial charge in [0, 0.05) is 6.42 Å².